The lowest BCUT2D eigenvalue weighted by molar-refractivity contribution is -0.139. The summed E-state index contributed by atoms with van der Waals surface area (Å²) in [5.74, 6) is 0.596. The van der Waals surface area contributed by atoms with Crippen LogP contribution in [0.4, 0.5) is 9.59 Å². The fourth-order valence-electron chi connectivity index (χ4n) is 10.2. The summed E-state index contributed by atoms with van der Waals surface area (Å²) in [6.07, 6.45) is 9.58. The number of methoxy groups -OCH3 is 6. The van der Waals surface area contributed by atoms with Gasteiger partial charge in [-0.15, -0.1) is 0 Å². The minimum absolute atomic E-state index is 0.0685. The Kier molecular flexibility index (Phi) is 14.5. The van der Waals surface area contributed by atoms with Crippen molar-refractivity contribution >= 4 is 24.0 Å². The second-order valence-corrected chi connectivity index (χ2v) is 17.5. The molecule has 4 aromatic rings. The molecule has 4 amide bonds. The zero-order chi connectivity index (χ0) is 46.5. The van der Waals surface area contributed by atoms with Crippen LogP contribution in [-0.4, -0.2) is 147 Å². The molecule has 8 rings (SSSR count). The van der Waals surface area contributed by atoms with E-state index in [4.69, 9.17) is 38.4 Å². The molecular weight excluding hydrogens is 849 g/mol. The van der Waals surface area contributed by atoms with Gasteiger partial charge in [-0.05, 0) is 59.8 Å². The van der Waals surface area contributed by atoms with Gasteiger partial charge in [0.15, 0.2) is 0 Å². The van der Waals surface area contributed by atoms with Crippen molar-refractivity contribution in [2.24, 2.45) is 23.7 Å². The lowest BCUT2D eigenvalue weighted by Gasteiger charge is -2.35. The van der Waals surface area contributed by atoms with Crippen LogP contribution < -0.4 is 10.6 Å². The standard InChI is InChI=1S/C48H60N8O10/c1-61-23-33(24-62-2)41(53-47(59)65-5)45(57)55-37-9-7-8-31(37)18-39(55)43-49-21-35(51-43)29-14-10-27(11-15-29)28-12-16-30(17-13-28)36-22-50-44(52-36)40-20-32-19-38(32)56(40)46(58)42(54-48(60)66-6)34(25-63-3)26-64-4/h7-8,10-17,21-22,31-34,37-42H,9,18-20,23-26H2,1-6H3,(H,49,51)(H,50,52)(H,53,59)(H,54,60)/t31-,32-,37-,38-,39+,40+,41+,42+/m1/s1. The molecule has 3 fully saturated rings. The lowest BCUT2D eigenvalue weighted by Crippen LogP contribution is -2.55. The van der Waals surface area contributed by atoms with Crippen molar-refractivity contribution < 1.29 is 47.6 Å². The van der Waals surface area contributed by atoms with E-state index in [1.54, 1.807) is 40.8 Å². The number of nitrogens with one attached hydrogen (secondary N) is 4. The molecule has 4 N–H and O–H groups in total. The van der Waals surface area contributed by atoms with Gasteiger partial charge in [0.25, 0.3) is 0 Å². The zero-order valence-corrected chi connectivity index (χ0v) is 38.2. The van der Waals surface area contributed by atoms with E-state index >= 15 is 0 Å². The van der Waals surface area contributed by atoms with Gasteiger partial charge >= 0.3 is 12.2 Å². The molecule has 2 aliphatic heterocycles. The third kappa shape index (κ3) is 9.59. The van der Waals surface area contributed by atoms with Crippen molar-refractivity contribution in [1.29, 1.82) is 0 Å². The van der Waals surface area contributed by atoms with Crippen molar-refractivity contribution in [1.82, 2.24) is 40.4 Å². The monoisotopic (exact) mass is 908 g/mol. The van der Waals surface area contributed by atoms with Crippen LogP contribution in [0.1, 0.15) is 49.4 Å². The van der Waals surface area contributed by atoms with Crippen LogP contribution in [0.3, 0.4) is 0 Å². The van der Waals surface area contributed by atoms with Crippen LogP contribution in [-0.2, 0) is 38.0 Å². The van der Waals surface area contributed by atoms with Crippen LogP contribution in [0.25, 0.3) is 33.6 Å². The van der Waals surface area contributed by atoms with E-state index in [1.165, 1.54) is 14.2 Å². The number of nitrogens with zero attached hydrogens (tertiary/aromatic N) is 4. The maximum atomic E-state index is 14.5. The summed E-state index contributed by atoms with van der Waals surface area (Å²) in [4.78, 5) is 74.0. The molecule has 0 bridgehead atoms. The fourth-order valence-corrected chi connectivity index (χ4v) is 10.2. The molecule has 0 radical (unpaired) electrons. The average Bonchev–Trinajstić information content (AvgIpc) is 3.97. The Bertz CT molecular complexity index is 2340. The summed E-state index contributed by atoms with van der Waals surface area (Å²) in [5.41, 5.74) is 5.61. The molecule has 352 valence electrons. The quantitative estimate of drug-likeness (QED) is 0.0886. The van der Waals surface area contributed by atoms with Crippen LogP contribution in [0.5, 0.6) is 0 Å². The molecule has 2 aromatic carbocycles. The number of aromatic nitrogens is 4. The average molecular weight is 909 g/mol. The number of H-pyrrole nitrogens is 2. The highest BCUT2D eigenvalue weighted by Crippen LogP contribution is 2.53. The number of aromatic amines is 2. The summed E-state index contributed by atoms with van der Waals surface area (Å²) in [5, 5.41) is 5.51. The Labute approximate surface area is 384 Å². The number of alkyl carbamates (subject to hydrolysis) is 2. The Morgan fingerprint density at radius 1 is 0.606 bits per heavy atom. The van der Waals surface area contributed by atoms with E-state index < -0.39 is 36.1 Å². The van der Waals surface area contributed by atoms with Crippen LogP contribution >= 0.6 is 0 Å². The number of likely N-dealkylation sites (tertiary alicyclic amines) is 2. The highest BCUT2D eigenvalue weighted by atomic mass is 16.5. The predicted molar refractivity (Wildman–Crippen MR) is 242 cm³/mol. The van der Waals surface area contributed by atoms with Gasteiger partial charge in [0.05, 0.1) is 76.5 Å². The fraction of sp³-hybridized carbons (Fsp3) is 0.500. The molecule has 4 heterocycles. The first-order valence-electron chi connectivity index (χ1n) is 22.4. The van der Waals surface area contributed by atoms with Gasteiger partial charge in [-0.2, -0.15) is 0 Å². The topological polar surface area (TPSA) is 212 Å². The third-order valence-electron chi connectivity index (χ3n) is 13.5. The van der Waals surface area contributed by atoms with Gasteiger partial charge in [0.1, 0.15) is 23.7 Å². The van der Waals surface area contributed by atoms with Gasteiger partial charge in [-0.25, -0.2) is 19.6 Å². The number of amides is 4. The van der Waals surface area contributed by atoms with Gasteiger partial charge < -0.3 is 58.8 Å². The number of hydrogen-bond acceptors (Lipinski definition) is 12. The SMILES string of the molecule is COCC(COC)[C@H](NC(=O)OC)C(=O)N1[C@@H]2C[C@@H]2C[C@H]1c1ncc(-c2ccc(-c3ccc(-c4cnc([C@@H]5C[C@H]6C=CC[C@H]6N5C(=O)[C@@H](NC(=O)OC)C(COC)COC)[nH]4)cc3)cc2)[nH]1. The van der Waals surface area contributed by atoms with Crippen LogP contribution in [0, 0.1) is 23.7 Å². The summed E-state index contributed by atoms with van der Waals surface area (Å²) < 4.78 is 31.4. The van der Waals surface area contributed by atoms with Gasteiger partial charge in [0, 0.05) is 52.4 Å². The third-order valence-corrected chi connectivity index (χ3v) is 13.5. The van der Waals surface area contributed by atoms with E-state index in [2.05, 4.69) is 57.0 Å². The van der Waals surface area contributed by atoms with Crippen LogP contribution in [0.15, 0.2) is 73.1 Å². The first kappa shape index (κ1) is 46.4. The number of carbonyl (C=O) groups is 4. The van der Waals surface area contributed by atoms with Crippen molar-refractivity contribution in [3.8, 4) is 33.6 Å². The second kappa shape index (κ2) is 20.6. The highest BCUT2D eigenvalue weighted by Gasteiger charge is 2.57. The molecule has 2 aromatic heterocycles. The Morgan fingerprint density at radius 3 is 1.47 bits per heavy atom. The molecule has 0 spiro atoms. The van der Waals surface area contributed by atoms with E-state index in [0.717, 1.165) is 46.5 Å². The first-order chi connectivity index (χ1) is 32.1. The molecule has 4 aliphatic rings. The number of benzene rings is 2. The van der Waals surface area contributed by atoms with Crippen molar-refractivity contribution in [2.75, 3.05) is 69.1 Å². The molecule has 2 aliphatic carbocycles. The summed E-state index contributed by atoms with van der Waals surface area (Å²) >= 11 is 0. The van der Waals surface area contributed by atoms with E-state index in [0.29, 0.717) is 30.4 Å². The normalized spacial score (nSPS) is 22.6. The molecular formula is C48H60N8O10. The Morgan fingerprint density at radius 2 is 1.03 bits per heavy atom. The van der Waals surface area contributed by atoms with Crippen molar-refractivity contribution in [3.63, 3.8) is 0 Å². The highest BCUT2D eigenvalue weighted by molar-refractivity contribution is 5.88. The predicted octanol–water partition coefficient (Wildman–Crippen LogP) is 5.28. The minimum atomic E-state index is -0.933. The Hall–Kier alpha value is -6.08. The molecule has 66 heavy (non-hydrogen) atoms. The van der Waals surface area contributed by atoms with E-state index in [1.807, 2.05) is 34.1 Å². The summed E-state index contributed by atoms with van der Waals surface area (Å²) in [6.45, 7) is 0.838. The van der Waals surface area contributed by atoms with Crippen molar-refractivity contribution in [2.45, 2.75) is 61.9 Å². The maximum absolute atomic E-state index is 14.5. The molecule has 1 saturated carbocycles. The smallest absolute Gasteiger partial charge is 0.407 e. The number of imidazole rings is 2. The summed E-state index contributed by atoms with van der Waals surface area (Å²) in [6, 6.07) is 14.0. The minimum Gasteiger partial charge on any atom is -0.453 e. The molecule has 2 saturated heterocycles. The number of ether oxygens (including phenoxy) is 6. The summed E-state index contributed by atoms with van der Waals surface area (Å²) in [7, 11) is 8.76. The largest absolute Gasteiger partial charge is 0.453 e. The number of carbonyl (C=O) groups excluding carboxylic acids is 4. The molecule has 0 unspecified atom stereocenters. The van der Waals surface area contributed by atoms with E-state index in [9.17, 15) is 19.2 Å². The zero-order valence-electron chi connectivity index (χ0n) is 38.2. The first-order valence-corrected chi connectivity index (χ1v) is 22.4. The number of hydrogen-bond donors (Lipinski definition) is 4. The van der Waals surface area contributed by atoms with Gasteiger partial charge in [0.2, 0.25) is 11.8 Å². The van der Waals surface area contributed by atoms with Gasteiger partial charge in [-0.1, -0.05) is 60.7 Å². The van der Waals surface area contributed by atoms with Gasteiger partial charge in [-0.3, -0.25) is 9.59 Å². The Balaban J connectivity index is 0.954. The van der Waals surface area contributed by atoms with E-state index in [-0.39, 0.29) is 68.3 Å². The number of fused-ring (bicyclic) bond motifs is 2. The molecule has 8 atom stereocenters. The lowest BCUT2D eigenvalue weighted by atomic mass is 9.98. The maximum Gasteiger partial charge on any atom is 0.407 e. The van der Waals surface area contributed by atoms with Crippen molar-refractivity contribution in [3.05, 3.63) is 84.7 Å². The molecule has 18 nitrogen and oxygen atoms in total. The number of rotatable bonds is 19. The second-order valence-electron chi connectivity index (χ2n) is 17.5. The van der Waals surface area contributed by atoms with Crippen LogP contribution in [0.2, 0.25) is 0 Å². The number of piperidine rings is 1. The molecule has 18 heteroatoms.